The molecule has 0 saturated carbocycles. The Kier molecular flexibility index (Phi) is 10.7. The van der Waals surface area contributed by atoms with Crippen molar-refractivity contribution in [3.8, 4) is 0 Å². The molecule has 2 fully saturated rings. The second kappa shape index (κ2) is 13.3. The van der Waals surface area contributed by atoms with E-state index in [1.54, 1.807) is 0 Å². The van der Waals surface area contributed by atoms with Crippen LogP contribution in [0.15, 0.2) is 24.5 Å². The van der Waals surface area contributed by atoms with E-state index in [1.165, 1.54) is 12.4 Å². The second-order valence-corrected chi connectivity index (χ2v) is 8.26. The summed E-state index contributed by atoms with van der Waals surface area (Å²) in [6.07, 6.45) is -5.48. The van der Waals surface area contributed by atoms with E-state index in [2.05, 4.69) is 30.4 Å². The van der Waals surface area contributed by atoms with Crippen molar-refractivity contribution >= 4 is 23.7 Å². The Hall–Kier alpha value is -3.83. The Morgan fingerprint density at radius 1 is 1.00 bits per heavy atom. The summed E-state index contributed by atoms with van der Waals surface area (Å²) in [5, 5.41) is 26.0. The third-order valence-electron chi connectivity index (χ3n) is 5.27. The molecule has 0 unspecified atom stereocenters. The minimum Gasteiger partial charge on any atom is -0.475 e. The van der Waals surface area contributed by atoms with Crippen molar-refractivity contribution in [2.24, 2.45) is 5.92 Å². The van der Waals surface area contributed by atoms with Gasteiger partial charge in [-0.2, -0.15) is 31.4 Å². The number of carboxylic acids is 2. The molecule has 216 valence electrons. The molecule has 2 aromatic heterocycles. The lowest BCUT2D eigenvalue weighted by Gasteiger charge is -2.46. The first-order chi connectivity index (χ1) is 18.1. The maximum atomic E-state index is 13.1. The Balaban J connectivity index is 0.000000317. The highest BCUT2D eigenvalue weighted by atomic mass is 19.4. The lowest BCUT2D eigenvalue weighted by atomic mass is 9.85. The number of hydrogen-bond acceptors (Lipinski definition) is 9. The van der Waals surface area contributed by atoms with Gasteiger partial charge in [-0.25, -0.2) is 23.9 Å². The molecule has 4 rings (SSSR count). The van der Waals surface area contributed by atoms with Crippen LogP contribution in [0.2, 0.25) is 0 Å². The number of carbonyl (C=O) groups is 2. The first-order valence-electron chi connectivity index (χ1n) is 11.1. The monoisotopic (exact) mass is 572 g/mol. The van der Waals surface area contributed by atoms with Crippen LogP contribution in [-0.4, -0.2) is 86.5 Å². The first kappa shape index (κ1) is 31.4. The molecule has 4 heterocycles. The Morgan fingerprint density at radius 3 is 2.05 bits per heavy atom. The summed E-state index contributed by atoms with van der Waals surface area (Å²) in [4.78, 5) is 28.2. The van der Waals surface area contributed by atoms with Crippen LogP contribution in [0.5, 0.6) is 0 Å². The van der Waals surface area contributed by atoms with Gasteiger partial charge in [0.1, 0.15) is 5.82 Å². The molecular weight excluding hydrogens is 549 g/mol. The molecule has 0 bridgehead atoms. The zero-order valence-electron chi connectivity index (χ0n) is 20.1. The third kappa shape index (κ3) is 10.1. The van der Waals surface area contributed by atoms with Gasteiger partial charge in [-0.15, -0.1) is 5.10 Å². The van der Waals surface area contributed by atoms with Crippen molar-refractivity contribution in [2.45, 2.75) is 44.3 Å². The smallest absolute Gasteiger partial charge is 0.475 e. The average Bonchev–Trinajstić information content (AvgIpc) is 2.85. The number of nitrogens with one attached hydrogen (secondary N) is 1. The normalized spacial score (nSPS) is 20.8. The minimum atomic E-state index is -5.08. The number of aromatic nitrogens is 4. The van der Waals surface area contributed by atoms with E-state index in [-0.39, 0.29) is 12.1 Å². The van der Waals surface area contributed by atoms with Gasteiger partial charge in [-0.05, 0) is 31.9 Å². The summed E-state index contributed by atoms with van der Waals surface area (Å²) in [7, 11) is 0. The average molecular weight is 572 g/mol. The van der Waals surface area contributed by atoms with E-state index < -0.39 is 30.1 Å². The minimum absolute atomic E-state index is 0.0460. The number of ether oxygens (including phenoxy) is 1. The van der Waals surface area contributed by atoms with Crippen LogP contribution in [0.3, 0.4) is 0 Å². The summed E-state index contributed by atoms with van der Waals surface area (Å²) in [5.41, 5.74) is 0.877. The molecule has 3 atom stereocenters. The summed E-state index contributed by atoms with van der Waals surface area (Å²) in [6, 6.07) is 3.90. The van der Waals surface area contributed by atoms with Gasteiger partial charge in [0.2, 0.25) is 5.95 Å². The summed E-state index contributed by atoms with van der Waals surface area (Å²) in [5.74, 6) is -4.28. The molecule has 11 nitrogen and oxygen atoms in total. The van der Waals surface area contributed by atoms with Crippen molar-refractivity contribution in [2.75, 3.05) is 29.9 Å². The third-order valence-corrected chi connectivity index (χ3v) is 5.27. The molecule has 2 aliphatic rings. The lowest BCUT2D eigenvalue weighted by Crippen LogP contribution is -2.58. The highest BCUT2D eigenvalue weighted by Crippen LogP contribution is 2.31. The Labute approximate surface area is 216 Å². The number of halogens is 7. The van der Waals surface area contributed by atoms with E-state index in [9.17, 15) is 30.7 Å². The lowest BCUT2D eigenvalue weighted by molar-refractivity contribution is -0.193. The van der Waals surface area contributed by atoms with E-state index in [0.29, 0.717) is 18.4 Å². The van der Waals surface area contributed by atoms with Crippen molar-refractivity contribution in [1.82, 2.24) is 20.2 Å². The SMILES string of the molecule is Cc1ccc(N[C@@H]2CN(c3ncc(F)cn3)C[C@@H]3CCCO[C@@H]32)nn1.O=C(O)C(F)(F)F.O=C(O)C(F)(F)F. The standard InChI is InChI=1S/C17H21FN6O.2C2HF3O2/c1-11-4-5-15(23-22-11)21-14-10-24(17-19-7-13(18)8-20-17)9-12-3-2-6-25-16(12)14;2*3-2(4,5)1(6)7/h4-5,7-8,12,14,16H,2-3,6,9-10H2,1H3,(H,21,23);2*(H,6,7)/t12-,14+,16-;;/m0../s1. The largest absolute Gasteiger partial charge is 0.490 e. The first-order valence-corrected chi connectivity index (χ1v) is 11.1. The number of nitrogens with zero attached hydrogens (tertiary/aromatic N) is 5. The van der Waals surface area contributed by atoms with E-state index in [0.717, 1.165) is 37.5 Å². The van der Waals surface area contributed by atoms with Crippen LogP contribution < -0.4 is 10.2 Å². The Morgan fingerprint density at radius 2 is 1.56 bits per heavy atom. The van der Waals surface area contributed by atoms with Gasteiger partial charge in [-0.3, -0.25) is 0 Å². The van der Waals surface area contributed by atoms with Crippen LogP contribution in [0.25, 0.3) is 0 Å². The van der Waals surface area contributed by atoms with Crippen LogP contribution >= 0.6 is 0 Å². The highest BCUT2D eigenvalue weighted by Gasteiger charge is 2.41. The molecule has 0 spiro atoms. The Bertz CT molecular complexity index is 1060. The number of anilines is 2. The molecule has 2 aliphatic heterocycles. The van der Waals surface area contributed by atoms with E-state index >= 15 is 0 Å². The van der Waals surface area contributed by atoms with E-state index in [1.807, 2.05) is 19.1 Å². The van der Waals surface area contributed by atoms with Gasteiger partial charge < -0.3 is 25.2 Å². The number of aryl methyl sites for hydroxylation is 1. The predicted octanol–water partition coefficient (Wildman–Crippen LogP) is 3.08. The molecule has 0 aromatic carbocycles. The van der Waals surface area contributed by atoms with Gasteiger partial charge >= 0.3 is 24.3 Å². The maximum Gasteiger partial charge on any atom is 0.490 e. The van der Waals surface area contributed by atoms with Crippen molar-refractivity contribution < 1.29 is 55.3 Å². The molecule has 2 aromatic rings. The van der Waals surface area contributed by atoms with Gasteiger partial charge in [0.15, 0.2) is 5.82 Å². The summed E-state index contributed by atoms with van der Waals surface area (Å²) in [6.45, 7) is 4.17. The number of piperidine rings is 1. The number of alkyl halides is 6. The number of hydrogen-bond donors (Lipinski definition) is 3. The predicted molar refractivity (Wildman–Crippen MR) is 118 cm³/mol. The molecule has 39 heavy (non-hydrogen) atoms. The highest BCUT2D eigenvalue weighted by molar-refractivity contribution is 5.73. The maximum absolute atomic E-state index is 13.1. The fourth-order valence-electron chi connectivity index (χ4n) is 3.63. The van der Waals surface area contributed by atoms with Gasteiger partial charge in [0.05, 0.1) is 30.2 Å². The van der Waals surface area contributed by atoms with Crippen LogP contribution in [-0.2, 0) is 14.3 Å². The van der Waals surface area contributed by atoms with Crippen molar-refractivity contribution in [3.05, 3.63) is 36.0 Å². The number of rotatable bonds is 3. The van der Waals surface area contributed by atoms with Crippen LogP contribution in [0, 0.1) is 18.7 Å². The second-order valence-electron chi connectivity index (χ2n) is 8.26. The molecule has 2 saturated heterocycles. The topological polar surface area (TPSA) is 151 Å². The molecule has 18 heteroatoms. The quantitative estimate of drug-likeness (QED) is 0.466. The van der Waals surface area contributed by atoms with Gasteiger partial charge in [-0.1, -0.05) is 0 Å². The van der Waals surface area contributed by atoms with Crippen molar-refractivity contribution in [3.63, 3.8) is 0 Å². The van der Waals surface area contributed by atoms with Crippen LogP contribution in [0.1, 0.15) is 18.5 Å². The summed E-state index contributed by atoms with van der Waals surface area (Å²) >= 11 is 0. The van der Waals surface area contributed by atoms with Crippen molar-refractivity contribution in [1.29, 1.82) is 0 Å². The molecular formula is C21H23F7N6O5. The van der Waals surface area contributed by atoms with E-state index in [4.69, 9.17) is 24.5 Å². The summed E-state index contributed by atoms with van der Waals surface area (Å²) < 4.78 is 82.7. The number of fused-ring (bicyclic) bond motifs is 1. The number of aliphatic carboxylic acids is 2. The molecule has 0 amide bonds. The molecule has 0 aliphatic carbocycles. The zero-order valence-corrected chi connectivity index (χ0v) is 20.1. The molecule has 0 radical (unpaired) electrons. The fourth-order valence-corrected chi connectivity index (χ4v) is 3.63. The van der Waals surface area contributed by atoms with Gasteiger partial charge in [0, 0.05) is 25.6 Å². The number of carboxylic acid groups (broad SMARTS) is 2. The fraction of sp³-hybridized carbons (Fsp3) is 0.524. The molecule has 3 N–H and O–H groups in total. The van der Waals surface area contributed by atoms with Gasteiger partial charge in [0.25, 0.3) is 0 Å². The zero-order chi connectivity index (χ0) is 29.4. The van der Waals surface area contributed by atoms with Crippen LogP contribution in [0.4, 0.5) is 42.5 Å².